The van der Waals surface area contributed by atoms with E-state index in [1.807, 2.05) is 6.92 Å². The third-order valence-electron chi connectivity index (χ3n) is 4.63. The summed E-state index contributed by atoms with van der Waals surface area (Å²) in [6, 6.07) is 0.371. The molecule has 2 aromatic heterocycles. The van der Waals surface area contributed by atoms with Crippen LogP contribution in [0.25, 0.3) is 10.2 Å². The van der Waals surface area contributed by atoms with Crippen molar-refractivity contribution in [3.8, 4) is 0 Å². The summed E-state index contributed by atoms with van der Waals surface area (Å²) in [4.78, 5) is 27.7. The fourth-order valence-electron chi connectivity index (χ4n) is 3.01. The van der Waals surface area contributed by atoms with Crippen molar-refractivity contribution >= 4 is 33.3 Å². The summed E-state index contributed by atoms with van der Waals surface area (Å²) in [7, 11) is 2.14. The minimum absolute atomic E-state index is 0.0392. The minimum atomic E-state index is 0.0392. The van der Waals surface area contributed by atoms with Crippen molar-refractivity contribution in [3.63, 3.8) is 0 Å². The van der Waals surface area contributed by atoms with Gasteiger partial charge >= 0.3 is 0 Å². The van der Waals surface area contributed by atoms with Crippen LogP contribution in [-0.2, 0) is 0 Å². The molecule has 1 N–H and O–H groups in total. The molecule has 1 saturated heterocycles. The Morgan fingerprint density at radius 1 is 1.26 bits per heavy atom. The van der Waals surface area contributed by atoms with Crippen molar-refractivity contribution < 1.29 is 4.79 Å². The highest BCUT2D eigenvalue weighted by atomic mass is 32.1. The van der Waals surface area contributed by atoms with Crippen LogP contribution in [0.3, 0.4) is 0 Å². The van der Waals surface area contributed by atoms with Crippen molar-refractivity contribution in [1.82, 2.24) is 20.2 Å². The van der Waals surface area contributed by atoms with Crippen LogP contribution in [-0.4, -0.2) is 60.0 Å². The molecule has 0 aromatic carbocycles. The number of aryl methyl sites for hydroxylation is 1. The Balaban J connectivity index is 1.71. The van der Waals surface area contributed by atoms with Gasteiger partial charge < -0.3 is 15.1 Å². The van der Waals surface area contributed by atoms with Gasteiger partial charge in [-0.2, -0.15) is 0 Å². The van der Waals surface area contributed by atoms with Gasteiger partial charge in [-0.3, -0.25) is 4.79 Å². The summed E-state index contributed by atoms with van der Waals surface area (Å²) < 4.78 is 0. The number of aromatic nitrogens is 2. The first-order chi connectivity index (χ1) is 11.1. The Kier molecular flexibility index (Phi) is 3.69. The van der Waals surface area contributed by atoms with Gasteiger partial charge in [0.15, 0.2) is 0 Å². The molecule has 1 aliphatic heterocycles. The van der Waals surface area contributed by atoms with Crippen LogP contribution in [0.15, 0.2) is 6.33 Å². The Morgan fingerprint density at radius 3 is 2.70 bits per heavy atom. The summed E-state index contributed by atoms with van der Waals surface area (Å²) in [5, 5.41) is 4.12. The SMILES string of the molecule is Cc1c(C(=O)NC2CC2)sc2ncnc(N3CCN(C)CC3)c12. The maximum absolute atomic E-state index is 12.4. The first kappa shape index (κ1) is 14.8. The fourth-order valence-corrected chi connectivity index (χ4v) is 4.05. The lowest BCUT2D eigenvalue weighted by molar-refractivity contribution is 0.0954. The molecule has 3 heterocycles. The Labute approximate surface area is 139 Å². The standard InChI is InChI=1S/C16H21N5OS/c1-10-12-14(21-7-5-20(2)6-8-21)17-9-18-16(12)23-13(10)15(22)19-11-3-4-11/h9,11H,3-8H2,1-2H3,(H,19,22). The minimum Gasteiger partial charge on any atom is -0.353 e. The Bertz CT molecular complexity index is 746. The molecule has 0 bridgehead atoms. The maximum atomic E-state index is 12.4. The number of amides is 1. The number of thiophene rings is 1. The van der Waals surface area contributed by atoms with E-state index in [9.17, 15) is 4.79 Å². The second-order valence-electron chi connectivity index (χ2n) is 6.47. The van der Waals surface area contributed by atoms with Crippen LogP contribution in [0, 0.1) is 6.92 Å². The molecule has 0 radical (unpaired) electrons. The first-order valence-corrected chi connectivity index (χ1v) is 8.93. The number of piperazine rings is 1. The quantitative estimate of drug-likeness (QED) is 0.926. The van der Waals surface area contributed by atoms with E-state index in [1.54, 1.807) is 6.33 Å². The first-order valence-electron chi connectivity index (χ1n) is 8.12. The van der Waals surface area contributed by atoms with E-state index >= 15 is 0 Å². The van der Waals surface area contributed by atoms with E-state index in [0.717, 1.165) is 65.5 Å². The number of fused-ring (bicyclic) bond motifs is 1. The number of anilines is 1. The number of rotatable bonds is 3. The fraction of sp³-hybridized carbons (Fsp3) is 0.562. The molecule has 0 atom stereocenters. The highest BCUT2D eigenvalue weighted by molar-refractivity contribution is 7.20. The van der Waals surface area contributed by atoms with Crippen LogP contribution in [0.2, 0.25) is 0 Å². The van der Waals surface area contributed by atoms with Gasteiger partial charge in [0, 0.05) is 32.2 Å². The maximum Gasteiger partial charge on any atom is 0.261 e. The van der Waals surface area contributed by atoms with Gasteiger partial charge in [0.25, 0.3) is 5.91 Å². The molecule has 2 aliphatic rings. The third-order valence-corrected chi connectivity index (χ3v) is 5.83. The van der Waals surface area contributed by atoms with Gasteiger partial charge in [-0.05, 0) is 32.4 Å². The predicted molar refractivity (Wildman–Crippen MR) is 92.4 cm³/mol. The van der Waals surface area contributed by atoms with E-state index in [2.05, 4.69) is 32.1 Å². The highest BCUT2D eigenvalue weighted by Gasteiger charge is 2.27. The number of carbonyl (C=O) groups excluding carboxylic acids is 1. The van der Waals surface area contributed by atoms with Crippen molar-refractivity contribution in [2.24, 2.45) is 0 Å². The second-order valence-corrected chi connectivity index (χ2v) is 7.47. The lowest BCUT2D eigenvalue weighted by Crippen LogP contribution is -2.44. The Hall–Kier alpha value is -1.73. The van der Waals surface area contributed by atoms with E-state index in [-0.39, 0.29) is 5.91 Å². The van der Waals surface area contributed by atoms with E-state index in [4.69, 9.17) is 0 Å². The van der Waals surface area contributed by atoms with Gasteiger partial charge in [-0.1, -0.05) is 0 Å². The largest absolute Gasteiger partial charge is 0.353 e. The molecule has 0 unspecified atom stereocenters. The van der Waals surface area contributed by atoms with Crippen molar-refractivity contribution in [2.45, 2.75) is 25.8 Å². The highest BCUT2D eigenvalue weighted by Crippen LogP contribution is 2.35. The van der Waals surface area contributed by atoms with Crippen LogP contribution in [0.1, 0.15) is 28.1 Å². The molecule has 0 spiro atoms. The molecule has 6 nitrogen and oxygen atoms in total. The van der Waals surface area contributed by atoms with Crippen molar-refractivity contribution in [1.29, 1.82) is 0 Å². The lowest BCUT2D eigenvalue weighted by Gasteiger charge is -2.33. The van der Waals surface area contributed by atoms with E-state index in [1.165, 1.54) is 11.3 Å². The zero-order valence-electron chi connectivity index (χ0n) is 13.5. The molecule has 4 rings (SSSR count). The molecule has 7 heteroatoms. The topological polar surface area (TPSA) is 61.4 Å². The average molecular weight is 331 g/mol. The van der Waals surface area contributed by atoms with E-state index < -0.39 is 0 Å². The second kappa shape index (κ2) is 5.72. The van der Waals surface area contributed by atoms with Crippen LogP contribution < -0.4 is 10.2 Å². The molecule has 1 aliphatic carbocycles. The summed E-state index contributed by atoms with van der Waals surface area (Å²) in [6.45, 7) is 6.00. The smallest absolute Gasteiger partial charge is 0.261 e. The van der Waals surface area contributed by atoms with Crippen LogP contribution in [0.5, 0.6) is 0 Å². The lowest BCUT2D eigenvalue weighted by atomic mass is 10.1. The summed E-state index contributed by atoms with van der Waals surface area (Å²) in [5.41, 5.74) is 1.01. The number of hydrogen-bond donors (Lipinski definition) is 1. The third kappa shape index (κ3) is 2.79. The van der Waals surface area contributed by atoms with Crippen molar-refractivity contribution in [2.75, 3.05) is 38.1 Å². The van der Waals surface area contributed by atoms with Gasteiger partial charge in [0.1, 0.15) is 17.0 Å². The van der Waals surface area contributed by atoms with Crippen molar-refractivity contribution in [3.05, 3.63) is 16.8 Å². The predicted octanol–water partition coefficient (Wildman–Crippen LogP) is 1.64. The normalized spacial score (nSPS) is 19.3. The zero-order valence-corrected chi connectivity index (χ0v) is 14.3. The summed E-state index contributed by atoms with van der Waals surface area (Å²) in [5.74, 6) is 1.01. The van der Waals surface area contributed by atoms with Gasteiger partial charge in [-0.25, -0.2) is 9.97 Å². The molecule has 1 saturated carbocycles. The van der Waals surface area contributed by atoms with Gasteiger partial charge in [0.2, 0.25) is 0 Å². The van der Waals surface area contributed by atoms with Crippen LogP contribution in [0.4, 0.5) is 5.82 Å². The number of carbonyl (C=O) groups is 1. The molecule has 122 valence electrons. The number of nitrogens with zero attached hydrogens (tertiary/aromatic N) is 4. The molecule has 2 aromatic rings. The van der Waals surface area contributed by atoms with Gasteiger partial charge in [0.05, 0.1) is 10.3 Å². The molecule has 1 amide bonds. The summed E-state index contributed by atoms with van der Waals surface area (Å²) in [6.07, 6.45) is 3.82. The van der Waals surface area contributed by atoms with Gasteiger partial charge in [-0.15, -0.1) is 11.3 Å². The monoisotopic (exact) mass is 331 g/mol. The molecule has 23 heavy (non-hydrogen) atoms. The van der Waals surface area contributed by atoms with Crippen LogP contribution >= 0.6 is 11.3 Å². The number of nitrogens with one attached hydrogen (secondary N) is 1. The van der Waals surface area contributed by atoms with E-state index in [0.29, 0.717) is 6.04 Å². The molecular weight excluding hydrogens is 310 g/mol. The summed E-state index contributed by atoms with van der Waals surface area (Å²) >= 11 is 1.48. The zero-order chi connectivity index (χ0) is 16.0. The molecule has 2 fully saturated rings. The molecular formula is C16H21N5OS. The Morgan fingerprint density at radius 2 is 2.00 bits per heavy atom. The number of likely N-dealkylation sites (N-methyl/N-ethyl adjacent to an activating group) is 1. The average Bonchev–Trinajstić information content (AvgIpc) is 3.29. The number of hydrogen-bond acceptors (Lipinski definition) is 6.